The van der Waals surface area contributed by atoms with Gasteiger partial charge in [-0.2, -0.15) is 0 Å². The van der Waals surface area contributed by atoms with Crippen molar-refractivity contribution in [2.75, 3.05) is 0 Å². The number of ether oxygens (including phenoxy) is 1. The summed E-state index contributed by atoms with van der Waals surface area (Å²) in [6, 6.07) is 9.23. The van der Waals surface area contributed by atoms with Crippen LogP contribution in [0.15, 0.2) is 47.2 Å². The van der Waals surface area contributed by atoms with Crippen molar-refractivity contribution in [2.45, 2.75) is 19.4 Å². The van der Waals surface area contributed by atoms with Crippen LogP contribution >= 0.6 is 22.7 Å². The van der Waals surface area contributed by atoms with Crippen molar-refractivity contribution in [3.63, 3.8) is 0 Å². The first kappa shape index (κ1) is 19.0. The molecule has 9 heteroatoms. The van der Waals surface area contributed by atoms with E-state index < -0.39 is 17.8 Å². The molecule has 2 aromatic heterocycles. The van der Waals surface area contributed by atoms with Gasteiger partial charge in [-0.15, -0.1) is 22.7 Å². The number of thiazole rings is 1. The highest BCUT2D eigenvalue weighted by molar-refractivity contribution is 7.20. The summed E-state index contributed by atoms with van der Waals surface area (Å²) in [5, 5.41) is 4.64. The predicted molar refractivity (Wildman–Crippen MR) is 102 cm³/mol. The minimum atomic E-state index is -0.861. The summed E-state index contributed by atoms with van der Waals surface area (Å²) in [5.41, 5.74) is 5.28. The molecule has 0 fully saturated rings. The summed E-state index contributed by atoms with van der Waals surface area (Å²) < 4.78 is 18.3. The largest absolute Gasteiger partial charge is 0.481 e. The molecule has 140 valence electrons. The van der Waals surface area contributed by atoms with Gasteiger partial charge in [0.25, 0.3) is 5.91 Å². The van der Waals surface area contributed by atoms with E-state index in [-0.39, 0.29) is 12.3 Å². The molecular formula is C18H16FN3O3S2. The molecule has 0 radical (unpaired) electrons. The van der Waals surface area contributed by atoms with E-state index in [1.165, 1.54) is 42.5 Å². The van der Waals surface area contributed by atoms with Gasteiger partial charge in [0, 0.05) is 5.38 Å². The molecule has 1 aromatic carbocycles. The number of hydrazine groups is 1. The molecule has 0 aliphatic carbocycles. The van der Waals surface area contributed by atoms with Gasteiger partial charge >= 0.3 is 0 Å². The zero-order chi connectivity index (χ0) is 19.2. The number of nitrogens with one attached hydrogen (secondary N) is 2. The van der Waals surface area contributed by atoms with Crippen LogP contribution in [0.2, 0.25) is 0 Å². The second-order valence-corrected chi connectivity index (χ2v) is 7.36. The van der Waals surface area contributed by atoms with Gasteiger partial charge in [-0.1, -0.05) is 6.07 Å². The molecular weight excluding hydrogens is 389 g/mol. The van der Waals surface area contributed by atoms with E-state index in [1.54, 1.807) is 11.3 Å². The number of amides is 2. The molecule has 2 amide bonds. The molecule has 3 aromatic rings. The minimum Gasteiger partial charge on any atom is -0.481 e. The molecule has 0 saturated carbocycles. The van der Waals surface area contributed by atoms with Crippen molar-refractivity contribution in [3.05, 3.63) is 58.7 Å². The molecule has 6 nitrogen and oxygen atoms in total. The highest BCUT2D eigenvalue weighted by Gasteiger charge is 2.16. The molecule has 1 atom stereocenters. The average molecular weight is 405 g/mol. The van der Waals surface area contributed by atoms with Gasteiger partial charge in [-0.25, -0.2) is 9.37 Å². The molecule has 0 saturated heterocycles. The van der Waals surface area contributed by atoms with E-state index in [0.29, 0.717) is 11.4 Å². The number of benzene rings is 1. The second kappa shape index (κ2) is 8.74. The summed E-state index contributed by atoms with van der Waals surface area (Å²) in [5.74, 6) is -0.949. The highest BCUT2D eigenvalue weighted by Crippen LogP contribution is 2.27. The van der Waals surface area contributed by atoms with E-state index in [2.05, 4.69) is 15.8 Å². The Balaban J connectivity index is 1.45. The van der Waals surface area contributed by atoms with Crippen LogP contribution < -0.4 is 15.6 Å². The van der Waals surface area contributed by atoms with Crippen LogP contribution in [0, 0.1) is 5.82 Å². The fraction of sp³-hybridized carbons (Fsp3) is 0.167. The Labute approximate surface area is 163 Å². The lowest BCUT2D eigenvalue weighted by molar-refractivity contribution is -0.132. The lowest BCUT2D eigenvalue weighted by atomic mass is 10.3. The highest BCUT2D eigenvalue weighted by atomic mass is 32.1. The SMILES string of the molecule is CC(Oc1ccc(F)cc1)C(=O)NNC(=O)Cc1csc(-c2cccs2)n1. The number of hydrogen-bond donors (Lipinski definition) is 2. The standard InChI is InChI=1S/C18H16FN3O3S2/c1-11(25-14-6-4-12(19)5-7-14)17(24)22-21-16(23)9-13-10-27-18(20-13)15-3-2-8-26-15/h2-8,10-11H,9H2,1H3,(H,21,23)(H,22,24). The van der Waals surface area contributed by atoms with Crippen LogP contribution in [0.3, 0.4) is 0 Å². The average Bonchev–Trinajstić information content (AvgIpc) is 3.33. The Morgan fingerprint density at radius 1 is 1.19 bits per heavy atom. The maximum absolute atomic E-state index is 12.9. The van der Waals surface area contributed by atoms with E-state index in [4.69, 9.17) is 4.74 Å². The van der Waals surface area contributed by atoms with Gasteiger partial charge in [0.15, 0.2) is 6.10 Å². The molecule has 0 spiro atoms. The third kappa shape index (κ3) is 5.35. The number of rotatable bonds is 6. The van der Waals surface area contributed by atoms with Crippen LogP contribution in [0.5, 0.6) is 5.75 Å². The summed E-state index contributed by atoms with van der Waals surface area (Å²) in [6.07, 6.45) is -0.810. The lowest BCUT2D eigenvalue weighted by Crippen LogP contribution is -2.47. The van der Waals surface area contributed by atoms with E-state index in [0.717, 1.165) is 9.88 Å². The topological polar surface area (TPSA) is 80.3 Å². The summed E-state index contributed by atoms with van der Waals surface area (Å²) in [6.45, 7) is 1.53. The Hall–Kier alpha value is -2.78. The summed E-state index contributed by atoms with van der Waals surface area (Å²) in [7, 11) is 0. The molecule has 0 aliphatic rings. The van der Waals surface area contributed by atoms with E-state index in [9.17, 15) is 14.0 Å². The van der Waals surface area contributed by atoms with Crippen LogP contribution in [0.25, 0.3) is 9.88 Å². The molecule has 27 heavy (non-hydrogen) atoms. The zero-order valence-corrected chi connectivity index (χ0v) is 15.9. The lowest BCUT2D eigenvalue weighted by Gasteiger charge is -2.15. The quantitative estimate of drug-likeness (QED) is 0.618. The van der Waals surface area contributed by atoms with Crippen molar-refractivity contribution in [1.29, 1.82) is 0 Å². The third-order valence-electron chi connectivity index (χ3n) is 3.45. The second-order valence-electron chi connectivity index (χ2n) is 5.55. The fourth-order valence-corrected chi connectivity index (χ4v) is 3.75. The molecule has 2 N–H and O–H groups in total. The number of carbonyl (C=O) groups excluding carboxylic acids is 2. The van der Waals surface area contributed by atoms with Crippen molar-refractivity contribution < 1.29 is 18.7 Å². The van der Waals surface area contributed by atoms with Crippen molar-refractivity contribution in [2.24, 2.45) is 0 Å². The number of halogens is 1. The van der Waals surface area contributed by atoms with Gasteiger partial charge in [-0.05, 0) is 42.6 Å². The zero-order valence-electron chi connectivity index (χ0n) is 14.3. The first-order valence-electron chi connectivity index (χ1n) is 8.00. The Morgan fingerprint density at radius 3 is 2.67 bits per heavy atom. The van der Waals surface area contributed by atoms with Crippen molar-refractivity contribution in [1.82, 2.24) is 15.8 Å². The fourth-order valence-electron chi connectivity index (χ4n) is 2.11. The van der Waals surface area contributed by atoms with Crippen LogP contribution in [0.1, 0.15) is 12.6 Å². The first-order valence-corrected chi connectivity index (χ1v) is 9.76. The molecule has 0 bridgehead atoms. The Bertz CT molecular complexity index is 910. The van der Waals surface area contributed by atoms with Crippen LogP contribution in [-0.2, 0) is 16.0 Å². The van der Waals surface area contributed by atoms with Crippen molar-refractivity contribution in [3.8, 4) is 15.6 Å². The van der Waals surface area contributed by atoms with Gasteiger partial charge in [0.1, 0.15) is 16.6 Å². The molecule has 1 unspecified atom stereocenters. The monoisotopic (exact) mass is 405 g/mol. The first-order chi connectivity index (χ1) is 13.0. The Morgan fingerprint density at radius 2 is 1.96 bits per heavy atom. The third-order valence-corrected chi connectivity index (χ3v) is 5.38. The van der Waals surface area contributed by atoms with Crippen LogP contribution in [-0.4, -0.2) is 22.9 Å². The number of nitrogens with zero attached hydrogens (tertiary/aromatic N) is 1. The molecule has 3 rings (SSSR count). The normalized spacial score (nSPS) is 11.6. The molecule has 0 aliphatic heterocycles. The van der Waals surface area contributed by atoms with Crippen molar-refractivity contribution >= 4 is 34.5 Å². The minimum absolute atomic E-state index is 0.0509. The molecule has 2 heterocycles. The van der Waals surface area contributed by atoms with Gasteiger partial charge < -0.3 is 4.74 Å². The van der Waals surface area contributed by atoms with E-state index >= 15 is 0 Å². The van der Waals surface area contributed by atoms with Gasteiger partial charge in [0.2, 0.25) is 5.91 Å². The number of aromatic nitrogens is 1. The smallest absolute Gasteiger partial charge is 0.279 e. The number of hydrogen-bond acceptors (Lipinski definition) is 6. The number of thiophene rings is 1. The summed E-state index contributed by atoms with van der Waals surface area (Å²) in [4.78, 5) is 29.4. The maximum atomic E-state index is 12.9. The predicted octanol–water partition coefficient (Wildman–Crippen LogP) is 3.17. The van der Waals surface area contributed by atoms with Gasteiger partial charge in [0.05, 0.1) is 17.0 Å². The Kier molecular flexibility index (Phi) is 6.15. The van der Waals surface area contributed by atoms with E-state index in [1.807, 2.05) is 22.9 Å². The number of carbonyl (C=O) groups is 2. The van der Waals surface area contributed by atoms with Gasteiger partial charge in [-0.3, -0.25) is 20.4 Å². The maximum Gasteiger partial charge on any atom is 0.279 e. The summed E-state index contributed by atoms with van der Waals surface area (Å²) >= 11 is 3.05. The van der Waals surface area contributed by atoms with Crippen LogP contribution in [0.4, 0.5) is 4.39 Å².